The Hall–Kier alpha value is -2.42. The number of aryl methyl sites for hydroxylation is 2. The van der Waals surface area contributed by atoms with E-state index in [-0.39, 0.29) is 23.0 Å². The van der Waals surface area contributed by atoms with Gasteiger partial charge in [-0.1, -0.05) is 24.3 Å². The molecule has 7 nitrogen and oxygen atoms in total. The van der Waals surface area contributed by atoms with Crippen LogP contribution in [0.25, 0.3) is 0 Å². The third-order valence-corrected chi connectivity index (χ3v) is 6.85. The molecule has 0 saturated carbocycles. The standard InChI is InChI=1S/C21H26N2O5S/c1-15-5-4-6-16(2)21(15)22-20(24)14-17-7-8-18(27-3)19(13-17)29(25,26)23-9-11-28-12-10-23/h4-8,13H,9-12,14H2,1-3H3,(H,22,24). The highest BCUT2D eigenvalue weighted by atomic mass is 32.2. The second-order valence-corrected chi connectivity index (χ2v) is 8.90. The third kappa shape index (κ3) is 4.77. The summed E-state index contributed by atoms with van der Waals surface area (Å²) < 4.78 is 38.1. The average Bonchev–Trinajstić information content (AvgIpc) is 2.71. The number of ether oxygens (including phenoxy) is 2. The number of morpholine rings is 1. The zero-order chi connectivity index (χ0) is 21.0. The van der Waals surface area contributed by atoms with Gasteiger partial charge in [-0.15, -0.1) is 0 Å². The van der Waals surface area contributed by atoms with E-state index in [0.717, 1.165) is 16.8 Å². The maximum atomic E-state index is 13.1. The van der Waals surface area contributed by atoms with Crippen LogP contribution in [0.15, 0.2) is 41.3 Å². The van der Waals surface area contributed by atoms with Crippen molar-refractivity contribution in [3.8, 4) is 5.75 Å². The summed E-state index contributed by atoms with van der Waals surface area (Å²) in [5, 5.41) is 2.93. The molecule has 0 bridgehead atoms. The number of amides is 1. The van der Waals surface area contributed by atoms with Crippen LogP contribution in [-0.2, 0) is 26.0 Å². The summed E-state index contributed by atoms with van der Waals surface area (Å²) in [7, 11) is -2.31. The average molecular weight is 419 g/mol. The molecule has 1 aliphatic rings. The lowest BCUT2D eigenvalue weighted by atomic mass is 10.1. The smallest absolute Gasteiger partial charge is 0.246 e. The molecule has 2 aromatic carbocycles. The topological polar surface area (TPSA) is 84.9 Å². The van der Waals surface area contributed by atoms with Crippen LogP contribution in [0.3, 0.4) is 0 Å². The van der Waals surface area contributed by atoms with Gasteiger partial charge in [-0.05, 0) is 42.7 Å². The zero-order valence-electron chi connectivity index (χ0n) is 16.9. The number of sulfonamides is 1. The molecule has 156 valence electrons. The number of carbonyl (C=O) groups is 1. The maximum Gasteiger partial charge on any atom is 0.246 e. The van der Waals surface area contributed by atoms with Crippen molar-refractivity contribution in [2.75, 3.05) is 38.7 Å². The van der Waals surface area contributed by atoms with Gasteiger partial charge in [0.1, 0.15) is 10.6 Å². The van der Waals surface area contributed by atoms with Crippen LogP contribution in [0, 0.1) is 13.8 Å². The first-order valence-corrected chi connectivity index (χ1v) is 10.9. The molecule has 0 atom stereocenters. The van der Waals surface area contributed by atoms with Crippen molar-refractivity contribution in [2.24, 2.45) is 0 Å². The Labute approximate surface area is 171 Å². The first-order valence-electron chi connectivity index (χ1n) is 9.44. The molecule has 0 aromatic heterocycles. The van der Waals surface area contributed by atoms with Gasteiger partial charge >= 0.3 is 0 Å². The number of carbonyl (C=O) groups excluding carboxylic acids is 1. The van der Waals surface area contributed by atoms with E-state index in [2.05, 4.69) is 5.32 Å². The van der Waals surface area contributed by atoms with Gasteiger partial charge < -0.3 is 14.8 Å². The normalized spacial score (nSPS) is 15.1. The summed E-state index contributed by atoms with van der Waals surface area (Å²) >= 11 is 0. The Balaban J connectivity index is 1.84. The van der Waals surface area contributed by atoms with Gasteiger partial charge in [0.15, 0.2) is 0 Å². The fraction of sp³-hybridized carbons (Fsp3) is 0.381. The summed E-state index contributed by atoms with van der Waals surface area (Å²) in [5.74, 6) is 0.0534. The molecule has 1 aliphatic heterocycles. The molecule has 0 unspecified atom stereocenters. The summed E-state index contributed by atoms with van der Waals surface area (Å²) in [6.45, 7) is 5.18. The monoisotopic (exact) mass is 418 g/mol. The quantitative estimate of drug-likeness (QED) is 0.779. The van der Waals surface area contributed by atoms with E-state index in [1.54, 1.807) is 12.1 Å². The summed E-state index contributed by atoms with van der Waals surface area (Å²) in [4.78, 5) is 12.7. The van der Waals surface area contributed by atoms with Crippen LogP contribution < -0.4 is 10.1 Å². The second kappa shape index (κ2) is 8.94. The number of hydrogen-bond donors (Lipinski definition) is 1. The van der Waals surface area contributed by atoms with Crippen LogP contribution in [-0.4, -0.2) is 52.0 Å². The van der Waals surface area contributed by atoms with E-state index in [1.807, 2.05) is 32.0 Å². The number of methoxy groups -OCH3 is 1. The second-order valence-electron chi connectivity index (χ2n) is 6.99. The van der Waals surface area contributed by atoms with E-state index in [9.17, 15) is 13.2 Å². The Morgan fingerprint density at radius 1 is 1.14 bits per heavy atom. The van der Waals surface area contributed by atoms with Crippen LogP contribution in [0.2, 0.25) is 0 Å². The van der Waals surface area contributed by atoms with Crippen molar-refractivity contribution in [3.05, 3.63) is 53.1 Å². The van der Waals surface area contributed by atoms with E-state index in [1.165, 1.54) is 17.5 Å². The molecule has 1 fully saturated rings. The lowest BCUT2D eigenvalue weighted by Crippen LogP contribution is -2.40. The van der Waals surface area contributed by atoms with Gasteiger partial charge in [0.25, 0.3) is 0 Å². The summed E-state index contributed by atoms with van der Waals surface area (Å²) in [6.07, 6.45) is 0.0589. The minimum absolute atomic E-state index is 0.0589. The fourth-order valence-electron chi connectivity index (χ4n) is 3.34. The lowest BCUT2D eigenvalue weighted by Gasteiger charge is -2.26. The summed E-state index contributed by atoms with van der Waals surface area (Å²) in [5.41, 5.74) is 3.33. The minimum Gasteiger partial charge on any atom is -0.495 e. The highest BCUT2D eigenvalue weighted by Gasteiger charge is 2.29. The zero-order valence-corrected chi connectivity index (χ0v) is 17.7. The molecule has 1 amide bonds. The molecular weight excluding hydrogens is 392 g/mol. The van der Waals surface area contributed by atoms with Crippen molar-refractivity contribution in [2.45, 2.75) is 25.2 Å². The van der Waals surface area contributed by atoms with Crippen molar-refractivity contribution in [1.82, 2.24) is 4.31 Å². The number of para-hydroxylation sites is 1. The maximum absolute atomic E-state index is 13.1. The van der Waals surface area contributed by atoms with Crippen LogP contribution >= 0.6 is 0 Å². The van der Waals surface area contributed by atoms with Crippen LogP contribution in [0.5, 0.6) is 5.75 Å². The van der Waals surface area contributed by atoms with E-state index in [0.29, 0.717) is 31.9 Å². The number of hydrogen-bond acceptors (Lipinski definition) is 5. The highest BCUT2D eigenvalue weighted by Crippen LogP contribution is 2.29. The number of benzene rings is 2. The van der Waals surface area contributed by atoms with E-state index < -0.39 is 10.0 Å². The highest BCUT2D eigenvalue weighted by molar-refractivity contribution is 7.89. The predicted molar refractivity (Wildman–Crippen MR) is 111 cm³/mol. The molecule has 0 spiro atoms. The minimum atomic E-state index is -3.74. The van der Waals surface area contributed by atoms with E-state index in [4.69, 9.17) is 9.47 Å². The van der Waals surface area contributed by atoms with Crippen molar-refractivity contribution in [3.63, 3.8) is 0 Å². The van der Waals surface area contributed by atoms with Crippen LogP contribution in [0.1, 0.15) is 16.7 Å². The largest absolute Gasteiger partial charge is 0.495 e. The van der Waals surface area contributed by atoms with Gasteiger partial charge in [0, 0.05) is 18.8 Å². The number of anilines is 1. The number of nitrogens with one attached hydrogen (secondary N) is 1. The molecular formula is C21H26N2O5S. The van der Waals surface area contributed by atoms with Gasteiger partial charge in [-0.25, -0.2) is 8.42 Å². The van der Waals surface area contributed by atoms with Crippen LogP contribution in [0.4, 0.5) is 5.69 Å². The van der Waals surface area contributed by atoms with Crippen molar-refractivity contribution in [1.29, 1.82) is 0 Å². The molecule has 1 N–H and O–H groups in total. The molecule has 3 rings (SSSR count). The molecule has 29 heavy (non-hydrogen) atoms. The Morgan fingerprint density at radius 2 is 1.79 bits per heavy atom. The van der Waals surface area contributed by atoms with Gasteiger partial charge in [0.2, 0.25) is 15.9 Å². The van der Waals surface area contributed by atoms with E-state index >= 15 is 0 Å². The first kappa shape index (κ1) is 21.3. The molecule has 2 aromatic rings. The third-order valence-electron chi connectivity index (χ3n) is 4.93. The molecule has 1 saturated heterocycles. The van der Waals surface area contributed by atoms with Crippen molar-refractivity contribution >= 4 is 21.6 Å². The fourth-order valence-corrected chi connectivity index (χ4v) is 4.95. The first-order chi connectivity index (χ1) is 13.8. The Morgan fingerprint density at radius 3 is 2.41 bits per heavy atom. The molecule has 0 aliphatic carbocycles. The summed E-state index contributed by atoms with van der Waals surface area (Å²) in [6, 6.07) is 10.6. The lowest BCUT2D eigenvalue weighted by molar-refractivity contribution is -0.115. The molecule has 1 heterocycles. The number of nitrogens with zero attached hydrogens (tertiary/aromatic N) is 1. The predicted octanol–water partition coefficient (Wildman–Crippen LogP) is 2.51. The Bertz CT molecular complexity index is 978. The van der Waals surface area contributed by atoms with Gasteiger partial charge in [-0.3, -0.25) is 4.79 Å². The van der Waals surface area contributed by atoms with Gasteiger partial charge in [-0.2, -0.15) is 4.31 Å². The Kier molecular flexibility index (Phi) is 6.56. The van der Waals surface area contributed by atoms with Crippen molar-refractivity contribution < 1.29 is 22.7 Å². The molecule has 8 heteroatoms. The van der Waals surface area contributed by atoms with Gasteiger partial charge in [0.05, 0.1) is 26.7 Å². The SMILES string of the molecule is COc1ccc(CC(=O)Nc2c(C)cccc2C)cc1S(=O)(=O)N1CCOCC1. The number of rotatable bonds is 6. The molecule has 0 radical (unpaired) electrons.